The molecule has 1 fully saturated rings. The minimum Gasteiger partial charge on any atom is -0.0807 e. The van der Waals surface area contributed by atoms with Crippen LogP contribution in [0, 0.1) is 23.7 Å². The minimum atomic E-state index is 0.791. The second-order valence-electron chi connectivity index (χ2n) is 7.56. The Morgan fingerprint density at radius 1 is 1.19 bits per heavy atom. The molecule has 0 aromatic heterocycles. The Labute approximate surface area is 133 Å². The molecule has 0 amide bonds. The Morgan fingerprint density at radius 3 is 2.52 bits per heavy atom. The van der Waals surface area contributed by atoms with E-state index in [0.717, 1.165) is 23.7 Å². The smallest absolute Gasteiger partial charge is 0.0167 e. The van der Waals surface area contributed by atoms with Crippen LogP contribution in [0.3, 0.4) is 0 Å². The topological polar surface area (TPSA) is 0 Å². The quantitative estimate of drug-likeness (QED) is 0.454. The van der Waals surface area contributed by atoms with Crippen molar-refractivity contribution >= 4 is 0 Å². The molecule has 0 aromatic carbocycles. The SMILES string of the molecule is CCCCC(CC)C(C)C1C=CC(CC2CCCC2)=CC1. The van der Waals surface area contributed by atoms with Gasteiger partial charge < -0.3 is 0 Å². The van der Waals surface area contributed by atoms with Crippen molar-refractivity contribution in [2.45, 2.75) is 85.0 Å². The molecule has 0 aromatic rings. The van der Waals surface area contributed by atoms with Crippen molar-refractivity contribution in [3.63, 3.8) is 0 Å². The van der Waals surface area contributed by atoms with Crippen molar-refractivity contribution in [2.24, 2.45) is 23.7 Å². The molecular formula is C21H36. The molecule has 0 aliphatic heterocycles. The highest BCUT2D eigenvalue weighted by molar-refractivity contribution is 5.24. The molecule has 0 N–H and O–H groups in total. The average molecular weight is 289 g/mol. The Kier molecular flexibility index (Phi) is 7.07. The lowest BCUT2D eigenvalue weighted by molar-refractivity contribution is 0.256. The van der Waals surface area contributed by atoms with Crippen LogP contribution in [0.2, 0.25) is 0 Å². The fourth-order valence-electron chi connectivity index (χ4n) is 4.43. The van der Waals surface area contributed by atoms with Crippen LogP contribution in [0.1, 0.15) is 85.0 Å². The van der Waals surface area contributed by atoms with Crippen LogP contribution in [-0.4, -0.2) is 0 Å². The van der Waals surface area contributed by atoms with Crippen LogP contribution in [0.15, 0.2) is 23.8 Å². The van der Waals surface area contributed by atoms with Gasteiger partial charge in [-0.2, -0.15) is 0 Å². The average Bonchev–Trinajstić information content (AvgIpc) is 3.01. The van der Waals surface area contributed by atoms with Crippen LogP contribution in [0.25, 0.3) is 0 Å². The molecule has 3 atom stereocenters. The van der Waals surface area contributed by atoms with Gasteiger partial charge in [-0.25, -0.2) is 0 Å². The summed E-state index contributed by atoms with van der Waals surface area (Å²) in [5.41, 5.74) is 1.63. The van der Waals surface area contributed by atoms with Gasteiger partial charge in [-0.1, -0.05) is 95.9 Å². The third-order valence-corrected chi connectivity index (χ3v) is 6.08. The molecule has 2 aliphatic rings. The standard InChI is InChI=1S/C21H36/c1-4-6-11-20(5-2)17(3)21-14-12-19(13-15-21)16-18-9-7-8-10-18/h12-14,17-18,20-21H,4-11,15-16H2,1-3H3. The molecule has 0 bridgehead atoms. The summed E-state index contributed by atoms with van der Waals surface area (Å²) < 4.78 is 0. The van der Waals surface area contributed by atoms with Crippen LogP contribution in [-0.2, 0) is 0 Å². The first-order valence-electron chi connectivity index (χ1n) is 9.61. The highest BCUT2D eigenvalue weighted by Crippen LogP contribution is 2.36. The van der Waals surface area contributed by atoms with Gasteiger partial charge >= 0.3 is 0 Å². The fraction of sp³-hybridized carbons (Fsp3) is 0.810. The van der Waals surface area contributed by atoms with E-state index < -0.39 is 0 Å². The lowest BCUT2D eigenvalue weighted by Gasteiger charge is -2.30. The zero-order chi connectivity index (χ0) is 15.1. The van der Waals surface area contributed by atoms with Gasteiger partial charge in [0.1, 0.15) is 0 Å². The lowest BCUT2D eigenvalue weighted by Crippen LogP contribution is -2.20. The van der Waals surface area contributed by atoms with E-state index in [4.69, 9.17) is 0 Å². The first-order valence-corrected chi connectivity index (χ1v) is 9.61. The minimum absolute atomic E-state index is 0.791. The zero-order valence-corrected chi connectivity index (χ0v) is 14.6. The van der Waals surface area contributed by atoms with E-state index in [2.05, 4.69) is 39.0 Å². The van der Waals surface area contributed by atoms with E-state index in [1.54, 1.807) is 5.57 Å². The summed E-state index contributed by atoms with van der Waals surface area (Å²) in [6.07, 6.45) is 21.6. The monoisotopic (exact) mass is 288 g/mol. The zero-order valence-electron chi connectivity index (χ0n) is 14.6. The van der Waals surface area contributed by atoms with Crippen LogP contribution in [0.4, 0.5) is 0 Å². The maximum atomic E-state index is 2.56. The van der Waals surface area contributed by atoms with Crippen LogP contribution >= 0.6 is 0 Å². The second-order valence-corrected chi connectivity index (χ2v) is 7.56. The maximum absolute atomic E-state index is 2.56. The largest absolute Gasteiger partial charge is 0.0807 e. The molecule has 3 unspecified atom stereocenters. The van der Waals surface area contributed by atoms with Gasteiger partial charge in [0.15, 0.2) is 0 Å². The molecule has 0 nitrogen and oxygen atoms in total. The summed E-state index contributed by atoms with van der Waals surface area (Å²) in [6, 6.07) is 0. The third-order valence-electron chi connectivity index (χ3n) is 6.08. The van der Waals surface area contributed by atoms with Gasteiger partial charge in [-0.3, -0.25) is 0 Å². The Morgan fingerprint density at radius 2 is 1.95 bits per heavy atom. The number of rotatable bonds is 8. The van der Waals surface area contributed by atoms with E-state index >= 15 is 0 Å². The first-order chi connectivity index (χ1) is 10.2. The summed E-state index contributed by atoms with van der Waals surface area (Å²) in [7, 11) is 0. The Hall–Kier alpha value is -0.520. The predicted molar refractivity (Wildman–Crippen MR) is 94.4 cm³/mol. The van der Waals surface area contributed by atoms with Crippen molar-refractivity contribution in [3.05, 3.63) is 23.8 Å². The van der Waals surface area contributed by atoms with Gasteiger partial charge in [0.05, 0.1) is 0 Å². The molecule has 120 valence electrons. The summed E-state index contributed by atoms with van der Waals surface area (Å²) >= 11 is 0. The molecular weight excluding hydrogens is 252 g/mol. The third kappa shape index (κ3) is 5.01. The molecule has 0 heterocycles. The van der Waals surface area contributed by atoms with Crippen LogP contribution < -0.4 is 0 Å². The van der Waals surface area contributed by atoms with Gasteiger partial charge in [0, 0.05) is 0 Å². The molecule has 0 heteroatoms. The highest BCUT2D eigenvalue weighted by Gasteiger charge is 2.24. The van der Waals surface area contributed by atoms with E-state index in [-0.39, 0.29) is 0 Å². The Balaban J connectivity index is 1.81. The van der Waals surface area contributed by atoms with E-state index in [9.17, 15) is 0 Å². The summed E-state index contributed by atoms with van der Waals surface area (Å²) in [5, 5.41) is 0. The normalized spacial score (nSPS) is 25.9. The van der Waals surface area contributed by atoms with E-state index in [1.807, 2.05) is 0 Å². The molecule has 21 heavy (non-hydrogen) atoms. The summed E-state index contributed by atoms with van der Waals surface area (Å²) in [5.74, 6) is 3.55. The predicted octanol–water partition coefficient (Wildman–Crippen LogP) is 6.92. The molecule has 1 saturated carbocycles. The number of hydrogen-bond donors (Lipinski definition) is 0. The lowest BCUT2D eigenvalue weighted by atomic mass is 9.75. The molecule has 0 saturated heterocycles. The molecule has 2 aliphatic carbocycles. The van der Waals surface area contributed by atoms with Crippen molar-refractivity contribution in [1.29, 1.82) is 0 Å². The van der Waals surface area contributed by atoms with Crippen LogP contribution in [0.5, 0.6) is 0 Å². The van der Waals surface area contributed by atoms with Crippen molar-refractivity contribution in [1.82, 2.24) is 0 Å². The second kappa shape index (κ2) is 8.81. The maximum Gasteiger partial charge on any atom is -0.0167 e. The van der Waals surface area contributed by atoms with Gasteiger partial charge in [-0.05, 0) is 36.5 Å². The number of unbranched alkanes of at least 4 members (excludes halogenated alkanes) is 1. The van der Waals surface area contributed by atoms with Crippen molar-refractivity contribution < 1.29 is 0 Å². The molecule has 0 radical (unpaired) electrons. The number of allylic oxidation sites excluding steroid dienone is 4. The first kappa shape index (κ1) is 16.8. The number of hydrogen-bond acceptors (Lipinski definition) is 0. The van der Waals surface area contributed by atoms with Crippen molar-refractivity contribution in [2.75, 3.05) is 0 Å². The highest BCUT2D eigenvalue weighted by atomic mass is 14.3. The molecule has 0 spiro atoms. The van der Waals surface area contributed by atoms with Gasteiger partial charge in [0.25, 0.3) is 0 Å². The Bertz CT molecular complexity index is 343. The summed E-state index contributed by atoms with van der Waals surface area (Å²) in [6.45, 7) is 7.19. The van der Waals surface area contributed by atoms with Gasteiger partial charge in [-0.15, -0.1) is 0 Å². The fourth-order valence-corrected chi connectivity index (χ4v) is 4.43. The molecule has 2 rings (SSSR count). The van der Waals surface area contributed by atoms with E-state index in [0.29, 0.717) is 0 Å². The van der Waals surface area contributed by atoms with E-state index in [1.165, 1.54) is 64.2 Å². The summed E-state index contributed by atoms with van der Waals surface area (Å²) in [4.78, 5) is 0. The van der Waals surface area contributed by atoms with Gasteiger partial charge in [0.2, 0.25) is 0 Å². The van der Waals surface area contributed by atoms with Crippen molar-refractivity contribution in [3.8, 4) is 0 Å².